The maximum atomic E-state index is 13.1. The first-order valence-electron chi connectivity index (χ1n) is 15.1. The van der Waals surface area contributed by atoms with Crippen LogP contribution in [0.3, 0.4) is 0 Å². The molecular weight excluding hydrogens is 546 g/mol. The summed E-state index contributed by atoms with van der Waals surface area (Å²) in [5.74, 6) is -0.325. The molecule has 6 heteroatoms. The summed E-state index contributed by atoms with van der Waals surface area (Å²) in [6.07, 6.45) is 11.8. The van der Waals surface area contributed by atoms with Crippen molar-refractivity contribution in [1.29, 1.82) is 0 Å². The Balaban J connectivity index is 1.36. The van der Waals surface area contributed by atoms with Crippen LogP contribution in [0, 0.1) is 11.8 Å². The van der Waals surface area contributed by atoms with Gasteiger partial charge in [-0.2, -0.15) is 0 Å². The summed E-state index contributed by atoms with van der Waals surface area (Å²) in [6.45, 7) is 0. The third-order valence-electron chi connectivity index (χ3n) is 8.73. The molecule has 5 aromatic rings. The summed E-state index contributed by atoms with van der Waals surface area (Å²) < 4.78 is 7.06. The van der Waals surface area contributed by atoms with Crippen LogP contribution in [0.2, 0.25) is 0 Å². The molecule has 1 aliphatic rings. The second kappa shape index (κ2) is 13.0. The summed E-state index contributed by atoms with van der Waals surface area (Å²) in [4.78, 5) is 34.5. The fourth-order valence-electron chi connectivity index (χ4n) is 6.47. The van der Waals surface area contributed by atoms with Gasteiger partial charge >= 0.3 is 5.97 Å². The van der Waals surface area contributed by atoms with Crippen molar-refractivity contribution >= 4 is 17.8 Å². The minimum absolute atomic E-state index is 0.0618. The number of carbonyl (C=O) groups is 2. The number of hydrogen-bond donors (Lipinski definition) is 0. The molecule has 0 radical (unpaired) electrons. The second-order valence-corrected chi connectivity index (χ2v) is 11.2. The minimum atomic E-state index is -0.674. The maximum absolute atomic E-state index is 13.1. The Kier molecular flexibility index (Phi) is 8.59. The molecule has 0 amide bonds. The number of aromatic nitrogens is 3. The van der Waals surface area contributed by atoms with Crippen molar-refractivity contribution in [2.75, 3.05) is 7.11 Å². The lowest BCUT2D eigenvalue weighted by atomic mass is 9.77. The number of rotatable bonds is 9. The van der Waals surface area contributed by atoms with Crippen molar-refractivity contribution in [2.24, 2.45) is 11.8 Å². The molecule has 0 unspecified atom stereocenters. The standard InChI is InChI=1S/C38H35N3O3/c1-44-37(43)29-21-19-28(20-22-29)36(42)24-23-34-33(18-11-25-39-34)35-26-41(27-40-35)38(30-12-5-2-6-13-30,31-14-7-3-8-15-31)32-16-9-4-10-17-32/h2-18,23-29H,19-22H2,1H3/b24-23+. The van der Waals surface area contributed by atoms with Gasteiger partial charge in [0.2, 0.25) is 0 Å². The Morgan fingerprint density at radius 2 is 1.30 bits per heavy atom. The first-order valence-corrected chi connectivity index (χ1v) is 15.1. The molecule has 1 fully saturated rings. The monoisotopic (exact) mass is 581 g/mol. The van der Waals surface area contributed by atoms with Crippen LogP contribution in [-0.2, 0) is 19.9 Å². The number of pyridine rings is 1. The molecule has 0 bridgehead atoms. The topological polar surface area (TPSA) is 74.1 Å². The second-order valence-electron chi connectivity index (χ2n) is 11.2. The largest absolute Gasteiger partial charge is 0.469 e. The van der Waals surface area contributed by atoms with Gasteiger partial charge in [0.15, 0.2) is 5.78 Å². The van der Waals surface area contributed by atoms with Crippen LogP contribution in [-0.4, -0.2) is 33.4 Å². The number of imidazole rings is 1. The van der Waals surface area contributed by atoms with Crippen molar-refractivity contribution in [1.82, 2.24) is 14.5 Å². The number of esters is 1. The van der Waals surface area contributed by atoms with Crippen LogP contribution < -0.4 is 0 Å². The first-order chi connectivity index (χ1) is 21.6. The van der Waals surface area contributed by atoms with E-state index in [1.54, 1.807) is 18.3 Å². The number of methoxy groups -OCH3 is 1. The smallest absolute Gasteiger partial charge is 0.308 e. The lowest BCUT2D eigenvalue weighted by Gasteiger charge is -2.37. The lowest BCUT2D eigenvalue weighted by molar-refractivity contribution is -0.147. The van der Waals surface area contributed by atoms with Crippen LogP contribution in [0.25, 0.3) is 17.3 Å². The average molecular weight is 582 g/mol. The van der Waals surface area contributed by atoms with Crippen LogP contribution >= 0.6 is 0 Å². The van der Waals surface area contributed by atoms with E-state index in [0.29, 0.717) is 31.4 Å². The molecule has 6 rings (SSSR count). The number of allylic oxidation sites excluding steroid dienone is 1. The predicted octanol–water partition coefficient (Wildman–Crippen LogP) is 7.35. The summed E-state index contributed by atoms with van der Waals surface area (Å²) in [6, 6.07) is 35.3. The Morgan fingerprint density at radius 1 is 0.750 bits per heavy atom. The van der Waals surface area contributed by atoms with Gasteiger partial charge in [-0.15, -0.1) is 0 Å². The highest BCUT2D eigenvalue weighted by molar-refractivity contribution is 5.96. The van der Waals surface area contributed by atoms with E-state index in [2.05, 4.69) is 88.5 Å². The van der Waals surface area contributed by atoms with Gasteiger partial charge in [0.1, 0.15) is 5.54 Å². The number of carbonyl (C=O) groups excluding carboxylic acids is 2. The summed E-state index contributed by atoms with van der Waals surface area (Å²) >= 11 is 0. The Labute approximate surface area is 258 Å². The highest BCUT2D eigenvalue weighted by Gasteiger charge is 2.38. The molecule has 1 saturated carbocycles. The fraction of sp³-hybridized carbons (Fsp3) is 0.211. The SMILES string of the molecule is COC(=O)C1CCC(C(=O)/C=C/c2ncccc2-c2cn(C(c3ccccc3)(c3ccccc3)c3ccccc3)cn2)CC1. The highest BCUT2D eigenvalue weighted by Crippen LogP contribution is 2.41. The van der Waals surface area contributed by atoms with E-state index in [0.717, 1.165) is 27.9 Å². The molecule has 44 heavy (non-hydrogen) atoms. The summed E-state index contributed by atoms with van der Waals surface area (Å²) in [5.41, 5.74) is 4.94. The molecule has 2 aromatic heterocycles. The molecule has 220 valence electrons. The maximum Gasteiger partial charge on any atom is 0.308 e. The normalized spacial score (nSPS) is 16.9. The molecule has 0 spiro atoms. The molecule has 6 nitrogen and oxygen atoms in total. The highest BCUT2D eigenvalue weighted by atomic mass is 16.5. The van der Waals surface area contributed by atoms with Crippen molar-refractivity contribution in [3.8, 4) is 11.3 Å². The molecule has 3 aromatic carbocycles. The van der Waals surface area contributed by atoms with Crippen molar-refractivity contribution in [3.63, 3.8) is 0 Å². The summed E-state index contributed by atoms with van der Waals surface area (Å²) in [7, 11) is 1.42. The number of benzene rings is 3. The third kappa shape index (κ3) is 5.63. The van der Waals surface area contributed by atoms with E-state index >= 15 is 0 Å². The van der Waals surface area contributed by atoms with E-state index in [9.17, 15) is 9.59 Å². The number of nitrogens with zero attached hydrogens (tertiary/aromatic N) is 3. The predicted molar refractivity (Wildman–Crippen MR) is 172 cm³/mol. The van der Waals surface area contributed by atoms with Gasteiger partial charge in [0.05, 0.1) is 30.7 Å². The van der Waals surface area contributed by atoms with Gasteiger partial charge in [-0.3, -0.25) is 14.6 Å². The van der Waals surface area contributed by atoms with Gasteiger partial charge in [-0.25, -0.2) is 4.98 Å². The molecule has 0 atom stereocenters. The van der Waals surface area contributed by atoms with Crippen molar-refractivity contribution in [2.45, 2.75) is 31.2 Å². The van der Waals surface area contributed by atoms with Crippen molar-refractivity contribution < 1.29 is 14.3 Å². The third-order valence-corrected chi connectivity index (χ3v) is 8.73. The molecule has 2 heterocycles. The van der Waals surface area contributed by atoms with E-state index in [4.69, 9.17) is 9.72 Å². The Morgan fingerprint density at radius 3 is 1.84 bits per heavy atom. The minimum Gasteiger partial charge on any atom is -0.469 e. The van der Waals surface area contributed by atoms with E-state index in [1.807, 2.05) is 36.7 Å². The van der Waals surface area contributed by atoms with E-state index in [-0.39, 0.29) is 23.6 Å². The van der Waals surface area contributed by atoms with Gasteiger partial charge in [-0.1, -0.05) is 91.0 Å². The summed E-state index contributed by atoms with van der Waals surface area (Å²) in [5, 5.41) is 0. The van der Waals surface area contributed by atoms with E-state index in [1.165, 1.54) is 7.11 Å². The lowest BCUT2D eigenvalue weighted by Crippen LogP contribution is -2.36. The average Bonchev–Trinajstić information content (AvgIpc) is 3.59. The number of ketones is 1. The number of hydrogen-bond acceptors (Lipinski definition) is 5. The first kappa shape index (κ1) is 29.0. The molecule has 0 aliphatic heterocycles. The quantitative estimate of drug-likeness (QED) is 0.103. The zero-order valence-corrected chi connectivity index (χ0v) is 24.8. The molecule has 1 aliphatic carbocycles. The molecule has 0 saturated heterocycles. The van der Waals surface area contributed by atoms with Crippen LogP contribution in [0.4, 0.5) is 0 Å². The zero-order valence-electron chi connectivity index (χ0n) is 24.8. The Bertz CT molecular complexity index is 1640. The van der Waals surface area contributed by atoms with E-state index < -0.39 is 5.54 Å². The van der Waals surface area contributed by atoms with Crippen molar-refractivity contribution in [3.05, 3.63) is 150 Å². The van der Waals surface area contributed by atoms with Gasteiger partial charge < -0.3 is 9.30 Å². The zero-order chi connectivity index (χ0) is 30.4. The Hall–Kier alpha value is -5.10. The van der Waals surface area contributed by atoms with Gasteiger partial charge in [-0.05, 0) is 66.7 Å². The van der Waals surface area contributed by atoms with Crippen LogP contribution in [0.15, 0.2) is 128 Å². The van der Waals surface area contributed by atoms with Gasteiger partial charge in [0.25, 0.3) is 0 Å². The number of ether oxygens (including phenoxy) is 1. The van der Waals surface area contributed by atoms with Crippen LogP contribution in [0.5, 0.6) is 0 Å². The fourth-order valence-corrected chi connectivity index (χ4v) is 6.47. The van der Waals surface area contributed by atoms with Gasteiger partial charge in [0, 0.05) is 23.9 Å². The molecular formula is C38H35N3O3. The molecule has 0 N–H and O–H groups in total. The van der Waals surface area contributed by atoms with Crippen LogP contribution in [0.1, 0.15) is 48.1 Å².